The molecule has 0 aliphatic carbocycles. The first-order valence-corrected chi connectivity index (χ1v) is 12.2. The molecule has 3 aromatic rings. The normalized spacial score (nSPS) is 16.7. The van der Waals surface area contributed by atoms with Crippen molar-refractivity contribution in [3.8, 4) is 0 Å². The van der Waals surface area contributed by atoms with Crippen molar-refractivity contribution in [1.29, 1.82) is 0 Å². The second-order valence-corrected chi connectivity index (χ2v) is 10.2. The molecule has 1 unspecified atom stereocenters. The monoisotopic (exact) mass is 467 g/mol. The first kappa shape index (κ1) is 23.3. The minimum atomic E-state index is -1.58. The van der Waals surface area contributed by atoms with E-state index in [1.807, 2.05) is 0 Å². The Morgan fingerprint density at radius 1 is 1.24 bits per heavy atom. The van der Waals surface area contributed by atoms with E-state index < -0.39 is 17.0 Å². The van der Waals surface area contributed by atoms with Crippen molar-refractivity contribution in [3.63, 3.8) is 0 Å². The first-order chi connectivity index (χ1) is 15.7. The molecule has 0 bridgehead atoms. The van der Waals surface area contributed by atoms with E-state index in [4.69, 9.17) is 5.73 Å². The van der Waals surface area contributed by atoms with Crippen LogP contribution in [-0.4, -0.2) is 49.1 Å². The van der Waals surface area contributed by atoms with E-state index in [1.165, 1.54) is 6.20 Å². The Hall–Kier alpha value is -2.88. The van der Waals surface area contributed by atoms with Crippen LogP contribution in [0.25, 0.3) is 11.0 Å². The molecular formula is C24H29N5O3S. The summed E-state index contributed by atoms with van der Waals surface area (Å²) in [5, 5.41) is 10.7. The zero-order valence-corrected chi connectivity index (χ0v) is 19.6. The maximum absolute atomic E-state index is 12.9. The van der Waals surface area contributed by atoms with Crippen LogP contribution in [0.2, 0.25) is 0 Å². The van der Waals surface area contributed by atoms with Crippen LogP contribution in [0.15, 0.2) is 53.6 Å². The molecule has 1 aromatic heterocycles. The lowest BCUT2D eigenvalue weighted by Gasteiger charge is -2.39. The Kier molecular flexibility index (Phi) is 6.73. The van der Waals surface area contributed by atoms with Crippen molar-refractivity contribution in [2.75, 3.05) is 23.5 Å². The number of rotatable bonds is 6. The number of hydrogen-bond acceptors (Lipinski definition) is 7. The van der Waals surface area contributed by atoms with E-state index >= 15 is 0 Å². The van der Waals surface area contributed by atoms with Gasteiger partial charge in [-0.2, -0.15) is 0 Å². The quantitative estimate of drug-likeness (QED) is 0.474. The molecule has 2 heterocycles. The number of aromatic nitrogens is 2. The average molecular weight is 468 g/mol. The number of carbonyl (C=O) groups excluding carboxylic acids is 1. The largest absolute Gasteiger partial charge is 0.588 e. The molecule has 1 amide bonds. The number of nitrogens with two attached hydrogens (primary N) is 1. The van der Waals surface area contributed by atoms with Crippen LogP contribution in [0.5, 0.6) is 0 Å². The van der Waals surface area contributed by atoms with Crippen LogP contribution >= 0.6 is 0 Å². The van der Waals surface area contributed by atoms with E-state index in [9.17, 15) is 14.5 Å². The third-order valence-electron chi connectivity index (χ3n) is 5.87. The molecule has 1 fully saturated rings. The number of para-hydroxylation sites is 1. The second-order valence-electron chi connectivity index (χ2n) is 8.98. The fourth-order valence-corrected chi connectivity index (χ4v) is 5.27. The molecule has 174 valence electrons. The Balaban J connectivity index is 1.41. The number of amides is 1. The van der Waals surface area contributed by atoms with E-state index in [0.29, 0.717) is 59.0 Å². The highest BCUT2D eigenvalue weighted by atomic mass is 32.2. The molecule has 4 N–H and O–H groups in total. The molecule has 9 heteroatoms. The summed E-state index contributed by atoms with van der Waals surface area (Å²) in [4.78, 5) is 23.7. The molecule has 8 nitrogen and oxygen atoms in total. The number of benzene rings is 2. The van der Waals surface area contributed by atoms with E-state index in [-0.39, 0.29) is 11.7 Å². The van der Waals surface area contributed by atoms with Gasteiger partial charge in [-0.3, -0.25) is 9.78 Å². The summed E-state index contributed by atoms with van der Waals surface area (Å²) < 4.78 is 15.9. The van der Waals surface area contributed by atoms with Gasteiger partial charge >= 0.3 is 0 Å². The van der Waals surface area contributed by atoms with Crippen molar-refractivity contribution >= 4 is 39.8 Å². The van der Waals surface area contributed by atoms with Gasteiger partial charge in [0.05, 0.1) is 23.0 Å². The van der Waals surface area contributed by atoms with Gasteiger partial charge in [-0.15, -0.1) is 0 Å². The van der Waals surface area contributed by atoms with E-state index in [0.717, 1.165) is 6.42 Å². The van der Waals surface area contributed by atoms with Crippen LogP contribution < -0.4 is 10.5 Å². The smallest absolute Gasteiger partial charge is 0.253 e. The standard InChI is InChI=1S/C24H29N5O3S/c1-16(2)14-24(31)10-12-29(13-11-24)23(30)17-6-8-18(9-7-17)28-33(32)20-5-3-4-19-22(20)27-21(25)15-26-19/h3-9,15-16,28,31H,10-14H2,1-2H3,(H2,25,27). The highest BCUT2D eigenvalue weighted by Crippen LogP contribution is 2.30. The van der Waals surface area contributed by atoms with E-state index in [1.54, 1.807) is 47.4 Å². The van der Waals surface area contributed by atoms with Crippen molar-refractivity contribution < 1.29 is 14.5 Å². The summed E-state index contributed by atoms with van der Waals surface area (Å²) in [5.74, 6) is 0.616. The Morgan fingerprint density at radius 3 is 2.61 bits per heavy atom. The fourth-order valence-electron chi connectivity index (χ4n) is 4.29. The number of hydrogen-bond donors (Lipinski definition) is 3. The van der Waals surface area contributed by atoms with Gasteiger partial charge < -0.3 is 20.3 Å². The Bertz CT molecular complexity index is 1130. The zero-order valence-electron chi connectivity index (χ0n) is 18.8. The topological polar surface area (TPSA) is 127 Å². The van der Waals surface area contributed by atoms with Gasteiger partial charge in [0, 0.05) is 18.7 Å². The maximum atomic E-state index is 12.9. The number of piperidine rings is 1. The predicted molar refractivity (Wildman–Crippen MR) is 130 cm³/mol. The fraction of sp³-hybridized carbons (Fsp3) is 0.375. The van der Waals surface area contributed by atoms with Gasteiger partial charge in [-0.1, -0.05) is 19.9 Å². The van der Waals surface area contributed by atoms with Crippen LogP contribution in [0.3, 0.4) is 0 Å². The molecule has 1 atom stereocenters. The van der Waals surface area contributed by atoms with Crippen molar-refractivity contribution in [2.24, 2.45) is 5.92 Å². The highest BCUT2D eigenvalue weighted by Gasteiger charge is 2.34. The lowest BCUT2D eigenvalue weighted by atomic mass is 9.84. The minimum absolute atomic E-state index is 0.0610. The first-order valence-electron chi connectivity index (χ1n) is 11.1. The summed E-state index contributed by atoms with van der Waals surface area (Å²) in [6.45, 7) is 5.27. The molecular weight excluding hydrogens is 438 g/mol. The van der Waals surface area contributed by atoms with Gasteiger partial charge in [0.1, 0.15) is 22.7 Å². The molecule has 0 radical (unpaired) electrons. The SMILES string of the molecule is CC(C)CC1(O)CCN(C(=O)c2ccc(N[S+]([O-])c3cccc4ncc(N)nc34)cc2)CC1. The summed E-state index contributed by atoms with van der Waals surface area (Å²) >= 11 is -1.58. The average Bonchev–Trinajstić information content (AvgIpc) is 2.78. The lowest BCUT2D eigenvalue weighted by Crippen LogP contribution is -2.47. The number of fused-ring (bicyclic) bond motifs is 1. The van der Waals surface area contributed by atoms with Crippen molar-refractivity contribution in [3.05, 3.63) is 54.2 Å². The summed E-state index contributed by atoms with van der Waals surface area (Å²) in [6.07, 6.45) is 3.40. The number of nitrogens with zero attached hydrogens (tertiary/aromatic N) is 3. The molecule has 0 saturated carbocycles. The van der Waals surface area contributed by atoms with Gasteiger partial charge in [0.15, 0.2) is 0 Å². The summed E-state index contributed by atoms with van der Waals surface area (Å²) in [6, 6.07) is 12.2. The zero-order chi connectivity index (χ0) is 23.6. The molecule has 4 rings (SSSR count). The van der Waals surface area contributed by atoms with Crippen LogP contribution in [-0.2, 0) is 11.4 Å². The Labute approximate surface area is 196 Å². The molecule has 1 aliphatic heterocycles. The van der Waals surface area contributed by atoms with E-state index in [2.05, 4.69) is 28.5 Å². The molecule has 2 aromatic carbocycles. The van der Waals surface area contributed by atoms with Crippen LogP contribution in [0.1, 0.15) is 43.5 Å². The lowest BCUT2D eigenvalue weighted by molar-refractivity contribution is -0.0311. The number of nitrogen functional groups attached to an aromatic ring is 1. The van der Waals surface area contributed by atoms with Crippen LogP contribution in [0.4, 0.5) is 11.5 Å². The number of likely N-dealkylation sites (tertiary alicyclic amines) is 1. The number of carbonyl (C=O) groups is 1. The van der Waals surface area contributed by atoms with Crippen LogP contribution in [0, 0.1) is 5.92 Å². The summed E-state index contributed by atoms with van der Waals surface area (Å²) in [7, 11) is 0. The third kappa shape index (κ3) is 5.38. The summed E-state index contributed by atoms with van der Waals surface area (Å²) in [5.41, 5.74) is 7.33. The van der Waals surface area contributed by atoms with Gasteiger partial charge in [-0.25, -0.2) is 9.71 Å². The van der Waals surface area contributed by atoms with Gasteiger partial charge in [-0.05, 0) is 61.6 Å². The second kappa shape index (κ2) is 9.54. The molecule has 1 saturated heterocycles. The minimum Gasteiger partial charge on any atom is -0.588 e. The van der Waals surface area contributed by atoms with Gasteiger partial charge in [0.2, 0.25) is 4.90 Å². The number of nitrogens with one attached hydrogen (secondary N) is 1. The number of aliphatic hydroxyl groups is 1. The molecule has 33 heavy (non-hydrogen) atoms. The van der Waals surface area contributed by atoms with Gasteiger partial charge in [0.25, 0.3) is 5.91 Å². The highest BCUT2D eigenvalue weighted by molar-refractivity contribution is 7.93. The maximum Gasteiger partial charge on any atom is 0.253 e. The third-order valence-corrected chi connectivity index (χ3v) is 7.02. The van der Waals surface area contributed by atoms with Crippen molar-refractivity contribution in [2.45, 2.75) is 43.6 Å². The predicted octanol–water partition coefficient (Wildman–Crippen LogP) is 3.36. The molecule has 1 aliphatic rings. The molecule has 0 spiro atoms. The van der Waals surface area contributed by atoms with Crippen molar-refractivity contribution in [1.82, 2.24) is 14.9 Å². The Morgan fingerprint density at radius 2 is 1.94 bits per heavy atom. The number of anilines is 2.